The van der Waals surface area contributed by atoms with E-state index in [0.717, 1.165) is 34.2 Å². The van der Waals surface area contributed by atoms with E-state index in [2.05, 4.69) is 39.2 Å². The molecule has 0 aliphatic rings. The molecule has 1 aromatic carbocycles. The number of nitrogens with zero attached hydrogens (tertiary/aromatic N) is 1. The summed E-state index contributed by atoms with van der Waals surface area (Å²) in [4.78, 5) is 4.59. The summed E-state index contributed by atoms with van der Waals surface area (Å²) in [5.41, 5.74) is 1.91. The van der Waals surface area contributed by atoms with Crippen molar-refractivity contribution in [2.24, 2.45) is 0 Å². The maximum atomic E-state index is 6.25. The van der Waals surface area contributed by atoms with Crippen LogP contribution in [0.25, 0.3) is 10.9 Å². The van der Waals surface area contributed by atoms with Gasteiger partial charge in [-0.1, -0.05) is 30.1 Å². The zero-order chi connectivity index (χ0) is 13.3. The number of benzene rings is 1. The number of hydrogen-bond donors (Lipinski definition) is 1. The van der Waals surface area contributed by atoms with Crippen LogP contribution in [0.3, 0.4) is 0 Å². The molecule has 2 aromatic rings. The van der Waals surface area contributed by atoms with Gasteiger partial charge in [0, 0.05) is 16.4 Å². The number of aromatic nitrogens is 1. The number of halogens is 3. The van der Waals surface area contributed by atoms with E-state index >= 15 is 0 Å². The Morgan fingerprint density at radius 3 is 2.56 bits per heavy atom. The Morgan fingerprint density at radius 1 is 1.22 bits per heavy atom. The number of rotatable bonds is 3. The average Bonchev–Trinajstić information content (AvgIpc) is 2.37. The van der Waals surface area contributed by atoms with Crippen LogP contribution in [-0.4, -0.2) is 11.5 Å². The minimum atomic E-state index is 0.489. The van der Waals surface area contributed by atoms with E-state index in [0.29, 0.717) is 10.0 Å². The third-order valence-corrected chi connectivity index (χ3v) is 4.46. The van der Waals surface area contributed by atoms with Crippen LogP contribution in [0, 0.1) is 0 Å². The molecular weight excluding hydrogens is 335 g/mol. The lowest BCUT2D eigenvalue weighted by molar-refractivity contribution is 1.08. The number of nitrogens with one attached hydrogen (secondary N) is 1. The Bertz CT molecular complexity index is 599. The minimum absolute atomic E-state index is 0.489. The Hall–Kier alpha value is -0.510. The Labute approximate surface area is 125 Å². The molecule has 0 radical (unpaired) electrons. The molecule has 1 aromatic heterocycles. The smallest absolute Gasteiger partial charge is 0.129 e. The minimum Gasteiger partial charge on any atom is -0.370 e. The van der Waals surface area contributed by atoms with Crippen LogP contribution in [0.1, 0.15) is 19.4 Å². The molecule has 0 unspecified atom stereocenters. The normalized spacial score (nSPS) is 10.9. The zero-order valence-electron chi connectivity index (χ0n) is 10.2. The molecular formula is C13H13BrCl2N2. The highest BCUT2D eigenvalue weighted by Crippen LogP contribution is 2.37. The van der Waals surface area contributed by atoms with Crippen LogP contribution < -0.4 is 5.32 Å². The molecule has 0 amide bonds. The second-order valence-electron chi connectivity index (χ2n) is 3.94. The van der Waals surface area contributed by atoms with E-state index in [1.165, 1.54) is 5.56 Å². The summed E-state index contributed by atoms with van der Waals surface area (Å²) >= 11 is 15.8. The molecule has 1 N–H and O–H groups in total. The van der Waals surface area contributed by atoms with Gasteiger partial charge in [0.15, 0.2) is 0 Å². The maximum absolute atomic E-state index is 6.25. The van der Waals surface area contributed by atoms with Gasteiger partial charge in [-0.05, 0) is 47.0 Å². The first kappa shape index (κ1) is 13.9. The lowest BCUT2D eigenvalue weighted by Crippen LogP contribution is -2.03. The van der Waals surface area contributed by atoms with Gasteiger partial charge in [-0.15, -0.1) is 0 Å². The van der Waals surface area contributed by atoms with E-state index in [9.17, 15) is 0 Å². The molecule has 0 aliphatic carbocycles. The number of anilines is 1. The maximum Gasteiger partial charge on any atom is 0.129 e. The highest BCUT2D eigenvalue weighted by molar-refractivity contribution is 9.10. The highest BCUT2D eigenvalue weighted by atomic mass is 79.9. The first-order chi connectivity index (χ1) is 8.58. The van der Waals surface area contributed by atoms with Crippen molar-refractivity contribution in [1.29, 1.82) is 0 Å². The number of aryl methyl sites for hydroxylation is 1. The summed E-state index contributed by atoms with van der Waals surface area (Å²) in [6.07, 6.45) is 0.920. The summed E-state index contributed by atoms with van der Waals surface area (Å²) in [7, 11) is 0. The molecule has 0 bridgehead atoms. The van der Waals surface area contributed by atoms with E-state index in [1.54, 1.807) is 0 Å². The average molecular weight is 348 g/mol. The van der Waals surface area contributed by atoms with Crippen molar-refractivity contribution >= 4 is 55.9 Å². The second kappa shape index (κ2) is 5.64. The van der Waals surface area contributed by atoms with E-state index in [1.807, 2.05) is 13.0 Å². The number of fused-ring (bicyclic) bond motifs is 1. The van der Waals surface area contributed by atoms with Crippen molar-refractivity contribution < 1.29 is 0 Å². The van der Waals surface area contributed by atoms with Gasteiger partial charge < -0.3 is 5.32 Å². The van der Waals surface area contributed by atoms with E-state index < -0.39 is 0 Å². The molecule has 96 valence electrons. The molecule has 0 saturated carbocycles. The van der Waals surface area contributed by atoms with E-state index in [-0.39, 0.29) is 0 Å². The lowest BCUT2D eigenvalue weighted by atomic mass is 10.1. The fraction of sp³-hybridized carbons (Fsp3) is 0.308. The Balaban J connectivity index is 2.75. The van der Waals surface area contributed by atoms with Gasteiger partial charge in [0.25, 0.3) is 0 Å². The zero-order valence-corrected chi connectivity index (χ0v) is 13.2. The number of pyridine rings is 1. The molecule has 18 heavy (non-hydrogen) atoms. The standard InChI is InChI=1S/C13H13BrCl2N2/c1-3-7-5-8-6-9(14)10(15)11(16)12(8)18-13(7)17-4-2/h5-6H,3-4H2,1-2H3,(H,17,18). The van der Waals surface area contributed by atoms with Crippen molar-refractivity contribution in [3.63, 3.8) is 0 Å². The molecule has 1 heterocycles. The highest BCUT2D eigenvalue weighted by Gasteiger charge is 2.12. The van der Waals surface area contributed by atoms with Crippen molar-refractivity contribution in [3.8, 4) is 0 Å². The molecule has 0 spiro atoms. The quantitative estimate of drug-likeness (QED) is 0.762. The Kier molecular flexibility index (Phi) is 4.36. The summed E-state index contributed by atoms with van der Waals surface area (Å²) in [6.45, 7) is 4.98. The monoisotopic (exact) mass is 346 g/mol. The molecule has 0 fully saturated rings. The van der Waals surface area contributed by atoms with Crippen molar-refractivity contribution in [2.75, 3.05) is 11.9 Å². The molecule has 0 saturated heterocycles. The SMILES string of the molecule is CCNc1nc2c(Cl)c(Cl)c(Br)cc2cc1CC. The van der Waals surface area contributed by atoms with Gasteiger partial charge in [0.05, 0.1) is 15.6 Å². The van der Waals surface area contributed by atoms with Gasteiger partial charge in [-0.25, -0.2) is 4.98 Å². The van der Waals surface area contributed by atoms with Crippen LogP contribution in [-0.2, 0) is 6.42 Å². The van der Waals surface area contributed by atoms with Gasteiger partial charge >= 0.3 is 0 Å². The topological polar surface area (TPSA) is 24.9 Å². The predicted octanol–water partition coefficient (Wildman–Crippen LogP) is 5.30. The predicted molar refractivity (Wildman–Crippen MR) is 83.0 cm³/mol. The Morgan fingerprint density at radius 2 is 1.94 bits per heavy atom. The first-order valence-corrected chi connectivity index (χ1v) is 7.34. The van der Waals surface area contributed by atoms with Crippen molar-refractivity contribution in [2.45, 2.75) is 20.3 Å². The third-order valence-electron chi connectivity index (χ3n) is 2.75. The molecule has 2 nitrogen and oxygen atoms in total. The van der Waals surface area contributed by atoms with Gasteiger partial charge in [0.1, 0.15) is 5.82 Å². The summed E-state index contributed by atoms with van der Waals surface area (Å²) in [5.74, 6) is 0.882. The molecule has 0 aliphatic heterocycles. The summed E-state index contributed by atoms with van der Waals surface area (Å²) in [6, 6.07) is 4.05. The van der Waals surface area contributed by atoms with E-state index in [4.69, 9.17) is 23.2 Å². The van der Waals surface area contributed by atoms with Gasteiger partial charge in [-0.3, -0.25) is 0 Å². The lowest BCUT2D eigenvalue weighted by Gasteiger charge is -2.12. The largest absolute Gasteiger partial charge is 0.370 e. The van der Waals surface area contributed by atoms with Crippen LogP contribution in [0.2, 0.25) is 10.0 Å². The summed E-state index contributed by atoms with van der Waals surface area (Å²) in [5, 5.41) is 5.24. The molecule has 0 atom stereocenters. The second-order valence-corrected chi connectivity index (χ2v) is 5.55. The van der Waals surface area contributed by atoms with Crippen LogP contribution in [0.15, 0.2) is 16.6 Å². The van der Waals surface area contributed by atoms with Crippen LogP contribution >= 0.6 is 39.1 Å². The summed E-state index contributed by atoms with van der Waals surface area (Å²) < 4.78 is 0.793. The third kappa shape index (κ3) is 2.44. The molecule has 5 heteroatoms. The number of hydrogen-bond acceptors (Lipinski definition) is 2. The fourth-order valence-corrected chi connectivity index (χ4v) is 2.81. The van der Waals surface area contributed by atoms with Crippen molar-refractivity contribution in [3.05, 3.63) is 32.2 Å². The first-order valence-electron chi connectivity index (χ1n) is 5.79. The van der Waals surface area contributed by atoms with Crippen LogP contribution in [0.5, 0.6) is 0 Å². The van der Waals surface area contributed by atoms with Gasteiger partial charge in [-0.2, -0.15) is 0 Å². The van der Waals surface area contributed by atoms with Crippen LogP contribution in [0.4, 0.5) is 5.82 Å². The fourth-order valence-electron chi connectivity index (χ4n) is 1.86. The van der Waals surface area contributed by atoms with Gasteiger partial charge in [0.2, 0.25) is 0 Å². The van der Waals surface area contributed by atoms with Crippen molar-refractivity contribution in [1.82, 2.24) is 4.98 Å². The molecule has 2 rings (SSSR count).